The molecular formula is C18H20ClN5O2. The molecule has 3 aromatic heterocycles. The molecule has 1 atom stereocenters. The van der Waals surface area contributed by atoms with Gasteiger partial charge in [-0.3, -0.25) is 14.6 Å². The van der Waals surface area contributed by atoms with E-state index in [1.54, 1.807) is 10.9 Å². The van der Waals surface area contributed by atoms with Crippen molar-refractivity contribution in [1.29, 1.82) is 0 Å². The minimum absolute atomic E-state index is 0.00522. The highest BCUT2D eigenvalue weighted by Gasteiger charge is 2.26. The highest BCUT2D eigenvalue weighted by Crippen LogP contribution is 2.31. The van der Waals surface area contributed by atoms with E-state index in [0.717, 1.165) is 35.7 Å². The van der Waals surface area contributed by atoms with Gasteiger partial charge in [-0.1, -0.05) is 22.8 Å². The van der Waals surface area contributed by atoms with Crippen LogP contribution in [0, 0.1) is 6.92 Å². The normalized spacial score (nSPS) is 18.3. The molecule has 1 aliphatic rings. The maximum absolute atomic E-state index is 6.52. The van der Waals surface area contributed by atoms with Crippen LogP contribution in [0.3, 0.4) is 0 Å². The second-order valence-electron chi connectivity index (χ2n) is 6.45. The molecule has 0 N–H and O–H groups in total. The molecule has 0 unspecified atom stereocenters. The third-order valence-corrected chi connectivity index (χ3v) is 5.00. The Balaban J connectivity index is 1.57. The average molecular weight is 374 g/mol. The molecular weight excluding hydrogens is 354 g/mol. The Morgan fingerprint density at radius 1 is 1.38 bits per heavy atom. The van der Waals surface area contributed by atoms with Gasteiger partial charge in [-0.25, -0.2) is 0 Å². The Bertz CT molecular complexity index is 892. The Morgan fingerprint density at radius 2 is 2.27 bits per heavy atom. The number of ether oxygens (including phenoxy) is 1. The molecule has 0 aliphatic carbocycles. The molecule has 0 spiro atoms. The molecule has 0 aromatic carbocycles. The number of aryl methyl sites for hydroxylation is 2. The summed E-state index contributed by atoms with van der Waals surface area (Å²) in [4.78, 5) is 6.51. The van der Waals surface area contributed by atoms with Gasteiger partial charge in [0.15, 0.2) is 0 Å². The molecule has 0 bridgehead atoms. The number of hydrogen-bond donors (Lipinski definition) is 0. The van der Waals surface area contributed by atoms with Gasteiger partial charge >= 0.3 is 0 Å². The Labute approximate surface area is 156 Å². The van der Waals surface area contributed by atoms with Crippen LogP contribution in [0.1, 0.15) is 23.0 Å². The summed E-state index contributed by atoms with van der Waals surface area (Å²) in [5, 5.41) is 9.24. The predicted molar refractivity (Wildman–Crippen MR) is 96.7 cm³/mol. The second-order valence-corrected chi connectivity index (χ2v) is 6.80. The monoisotopic (exact) mass is 373 g/mol. The average Bonchev–Trinajstić information content (AvgIpc) is 3.21. The maximum atomic E-state index is 6.52. The molecule has 26 heavy (non-hydrogen) atoms. The van der Waals surface area contributed by atoms with E-state index >= 15 is 0 Å². The fraction of sp³-hybridized carbons (Fsp3) is 0.389. The number of halogens is 1. The SMILES string of the molecule is Cc1cc(-c2nn(C)c(Cl)c2CN2CCO[C@H](c3cccnc3)C2)no1. The first-order valence-corrected chi connectivity index (χ1v) is 8.88. The predicted octanol–water partition coefficient (Wildman–Crippen LogP) is 3.01. The van der Waals surface area contributed by atoms with Crippen molar-refractivity contribution in [3.63, 3.8) is 0 Å². The van der Waals surface area contributed by atoms with E-state index in [9.17, 15) is 0 Å². The molecule has 1 saturated heterocycles. The van der Waals surface area contributed by atoms with E-state index in [-0.39, 0.29) is 6.10 Å². The van der Waals surface area contributed by atoms with E-state index in [4.69, 9.17) is 20.9 Å². The van der Waals surface area contributed by atoms with E-state index in [0.29, 0.717) is 24.0 Å². The molecule has 8 heteroatoms. The minimum Gasteiger partial charge on any atom is -0.371 e. The van der Waals surface area contributed by atoms with E-state index < -0.39 is 0 Å². The fourth-order valence-electron chi connectivity index (χ4n) is 3.21. The van der Waals surface area contributed by atoms with Gasteiger partial charge in [-0.05, 0) is 13.0 Å². The van der Waals surface area contributed by atoms with Crippen molar-refractivity contribution in [3.05, 3.63) is 52.6 Å². The zero-order valence-electron chi connectivity index (χ0n) is 14.7. The van der Waals surface area contributed by atoms with Gasteiger partial charge < -0.3 is 9.26 Å². The zero-order valence-corrected chi connectivity index (χ0v) is 15.5. The molecule has 3 aromatic rings. The quantitative estimate of drug-likeness (QED) is 0.700. The van der Waals surface area contributed by atoms with Crippen LogP contribution < -0.4 is 0 Å². The first kappa shape index (κ1) is 17.2. The lowest BCUT2D eigenvalue weighted by atomic mass is 10.1. The van der Waals surface area contributed by atoms with Crippen LogP contribution in [-0.2, 0) is 18.3 Å². The molecule has 4 heterocycles. The van der Waals surface area contributed by atoms with E-state index in [2.05, 4.69) is 20.1 Å². The van der Waals surface area contributed by atoms with Gasteiger partial charge in [0.25, 0.3) is 0 Å². The van der Waals surface area contributed by atoms with Gasteiger partial charge in [-0.15, -0.1) is 0 Å². The summed E-state index contributed by atoms with van der Waals surface area (Å²) in [6.07, 6.45) is 3.63. The van der Waals surface area contributed by atoms with Gasteiger partial charge in [0, 0.05) is 56.3 Å². The molecule has 0 amide bonds. The smallest absolute Gasteiger partial charge is 0.134 e. The Kier molecular flexibility index (Phi) is 4.76. The highest BCUT2D eigenvalue weighted by molar-refractivity contribution is 6.30. The lowest BCUT2D eigenvalue weighted by molar-refractivity contribution is -0.0330. The first-order chi connectivity index (χ1) is 12.6. The van der Waals surface area contributed by atoms with Gasteiger partial charge in [0.05, 0.1) is 12.7 Å². The van der Waals surface area contributed by atoms with Crippen molar-refractivity contribution >= 4 is 11.6 Å². The largest absolute Gasteiger partial charge is 0.371 e. The van der Waals surface area contributed by atoms with Crippen LogP contribution in [0.25, 0.3) is 11.4 Å². The van der Waals surface area contributed by atoms with Gasteiger partial charge in [0.1, 0.15) is 22.3 Å². The van der Waals surface area contributed by atoms with Crippen LogP contribution in [-0.4, -0.2) is 44.5 Å². The van der Waals surface area contributed by atoms with Crippen LogP contribution in [0.5, 0.6) is 0 Å². The fourth-order valence-corrected chi connectivity index (χ4v) is 3.40. The second kappa shape index (κ2) is 7.19. The molecule has 1 fully saturated rings. The van der Waals surface area contributed by atoms with Crippen molar-refractivity contribution in [2.24, 2.45) is 7.05 Å². The summed E-state index contributed by atoms with van der Waals surface area (Å²) in [6.45, 7) is 4.80. The van der Waals surface area contributed by atoms with Crippen LogP contribution >= 0.6 is 11.6 Å². The molecule has 136 valence electrons. The summed E-state index contributed by atoms with van der Waals surface area (Å²) in [5.41, 5.74) is 3.51. The standard InChI is InChI=1S/C18H20ClN5O2/c1-12-8-15(22-26-12)17-14(18(19)23(2)21-17)10-24-6-7-25-16(11-24)13-4-3-5-20-9-13/h3-5,8-9,16H,6-7,10-11H2,1-2H3/t16-/m0/s1. The Morgan fingerprint density at radius 3 is 3.00 bits per heavy atom. The third-order valence-electron chi connectivity index (χ3n) is 4.53. The van der Waals surface area contributed by atoms with Gasteiger partial charge in [-0.2, -0.15) is 5.10 Å². The number of nitrogens with zero attached hydrogens (tertiary/aromatic N) is 5. The Hall–Kier alpha value is -2.22. The lowest BCUT2D eigenvalue weighted by Crippen LogP contribution is -2.38. The topological polar surface area (TPSA) is 69.2 Å². The van der Waals surface area contributed by atoms with E-state index in [1.165, 1.54) is 0 Å². The molecule has 1 aliphatic heterocycles. The number of hydrogen-bond acceptors (Lipinski definition) is 6. The van der Waals surface area contributed by atoms with Crippen LogP contribution in [0.2, 0.25) is 5.15 Å². The first-order valence-electron chi connectivity index (χ1n) is 8.51. The summed E-state index contributed by atoms with van der Waals surface area (Å²) in [7, 11) is 1.83. The number of rotatable bonds is 4. The third kappa shape index (κ3) is 3.38. The number of pyridine rings is 1. The van der Waals surface area contributed by atoms with Crippen molar-refractivity contribution in [3.8, 4) is 11.4 Å². The van der Waals surface area contributed by atoms with Crippen LogP contribution in [0.15, 0.2) is 35.1 Å². The minimum atomic E-state index is 0.00522. The summed E-state index contributed by atoms with van der Waals surface area (Å²) in [5.74, 6) is 0.746. The van der Waals surface area contributed by atoms with Crippen molar-refractivity contribution in [2.75, 3.05) is 19.7 Å². The van der Waals surface area contributed by atoms with Gasteiger partial charge in [0.2, 0.25) is 0 Å². The van der Waals surface area contributed by atoms with Crippen LogP contribution in [0.4, 0.5) is 0 Å². The number of morpholine rings is 1. The summed E-state index contributed by atoms with van der Waals surface area (Å²) in [6, 6.07) is 5.85. The molecule has 7 nitrogen and oxygen atoms in total. The van der Waals surface area contributed by atoms with Crippen molar-refractivity contribution in [2.45, 2.75) is 19.6 Å². The zero-order chi connectivity index (χ0) is 18.1. The van der Waals surface area contributed by atoms with Crippen molar-refractivity contribution < 1.29 is 9.26 Å². The summed E-state index contributed by atoms with van der Waals surface area (Å²) < 4.78 is 12.8. The summed E-state index contributed by atoms with van der Waals surface area (Å²) >= 11 is 6.52. The molecule has 0 radical (unpaired) electrons. The number of aromatic nitrogens is 4. The molecule has 0 saturated carbocycles. The maximum Gasteiger partial charge on any atom is 0.134 e. The highest BCUT2D eigenvalue weighted by atomic mass is 35.5. The van der Waals surface area contributed by atoms with Crippen molar-refractivity contribution in [1.82, 2.24) is 24.8 Å². The van der Waals surface area contributed by atoms with E-state index in [1.807, 2.05) is 38.4 Å². The molecule has 4 rings (SSSR count). The lowest BCUT2D eigenvalue weighted by Gasteiger charge is -2.33.